The fraction of sp³-hybridized carbons (Fsp3) is 0.474. The van der Waals surface area contributed by atoms with Crippen LogP contribution in [-0.4, -0.2) is 44.0 Å². The number of unbranched alkanes of at least 4 members (excludes halogenated alkanes) is 2. The van der Waals surface area contributed by atoms with E-state index < -0.39 is 0 Å². The van der Waals surface area contributed by atoms with E-state index in [1.165, 1.54) is 0 Å². The zero-order chi connectivity index (χ0) is 19.1. The molecule has 0 unspecified atom stereocenters. The molecule has 3 aromatic rings. The number of thioether (sulfide) groups is 1. The lowest BCUT2D eigenvalue weighted by Crippen LogP contribution is -2.08. The number of ether oxygens (including phenoxy) is 1. The first-order chi connectivity index (χ1) is 13.2. The molecule has 0 fully saturated rings. The number of anilines is 1. The number of hydrogen-bond donors (Lipinski definition) is 1. The van der Waals surface area contributed by atoms with Crippen LogP contribution in [0.5, 0.6) is 0 Å². The van der Waals surface area contributed by atoms with Crippen molar-refractivity contribution in [3.8, 4) is 0 Å². The summed E-state index contributed by atoms with van der Waals surface area (Å²) in [5.74, 6) is 2.54. The Bertz CT molecular complexity index is 868. The van der Waals surface area contributed by atoms with E-state index in [4.69, 9.17) is 15.5 Å². The summed E-state index contributed by atoms with van der Waals surface area (Å²) in [6, 6.07) is 1.84. The number of aromatic nitrogens is 5. The molecule has 2 N–H and O–H groups in total. The van der Waals surface area contributed by atoms with E-state index in [2.05, 4.69) is 26.4 Å². The highest BCUT2D eigenvalue weighted by atomic mass is 32.2. The molecule has 0 amide bonds. The van der Waals surface area contributed by atoms with Crippen molar-refractivity contribution >= 4 is 28.6 Å². The van der Waals surface area contributed by atoms with Gasteiger partial charge in [0.1, 0.15) is 11.3 Å². The molecule has 0 bridgehead atoms. The standard InChI is InChI=1S/C19H26N6OS/c1-14-13-23-18(20)16-17(14)25(15(24-16)7-11-26-2)10-4-3-5-12-27-19-21-8-6-9-22-19/h6,8-9,13H,3-5,7,10-12H2,1-2H3,(H2,20,23). The number of aryl methyl sites for hydroxylation is 2. The van der Waals surface area contributed by atoms with Crippen molar-refractivity contribution in [3.05, 3.63) is 36.0 Å². The molecule has 7 nitrogen and oxygen atoms in total. The quantitative estimate of drug-likeness (QED) is 0.325. The van der Waals surface area contributed by atoms with E-state index in [-0.39, 0.29) is 0 Å². The summed E-state index contributed by atoms with van der Waals surface area (Å²) in [6.45, 7) is 3.62. The first kappa shape index (κ1) is 19.6. The number of rotatable bonds is 10. The first-order valence-corrected chi connectivity index (χ1v) is 10.2. The van der Waals surface area contributed by atoms with Crippen molar-refractivity contribution in [3.63, 3.8) is 0 Å². The largest absolute Gasteiger partial charge is 0.384 e. The van der Waals surface area contributed by atoms with E-state index in [9.17, 15) is 0 Å². The molecule has 0 saturated carbocycles. The number of nitrogen functional groups attached to an aromatic ring is 1. The highest BCUT2D eigenvalue weighted by molar-refractivity contribution is 7.99. The van der Waals surface area contributed by atoms with Crippen molar-refractivity contribution in [2.24, 2.45) is 0 Å². The molecular formula is C19H26N6OS. The average molecular weight is 387 g/mol. The van der Waals surface area contributed by atoms with Crippen LogP contribution in [0.1, 0.15) is 30.7 Å². The van der Waals surface area contributed by atoms with Gasteiger partial charge in [0, 0.05) is 44.4 Å². The van der Waals surface area contributed by atoms with Gasteiger partial charge in [-0.05, 0) is 31.4 Å². The second-order valence-corrected chi connectivity index (χ2v) is 7.45. The number of pyridine rings is 1. The minimum Gasteiger partial charge on any atom is -0.384 e. The number of nitrogens with two attached hydrogens (primary N) is 1. The molecule has 0 spiro atoms. The van der Waals surface area contributed by atoms with E-state index in [1.54, 1.807) is 31.3 Å². The highest BCUT2D eigenvalue weighted by Crippen LogP contribution is 2.25. The van der Waals surface area contributed by atoms with Gasteiger partial charge in [-0.25, -0.2) is 19.9 Å². The predicted octanol–water partition coefficient (Wildman–Crippen LogP) is 3.26. The maximum Gasteiger partial charge on any atom is 0.187 e. The smallest absolute Gasteiger partial charge is 0.187 e. The third kappa shape index (κ3) is 4.95. The van der Waals surface area contributed by atoms with Crippen molar-refractivity contribution in [1.82, 2.24) is 24.5 Å². The van der Waals surface area contributed by atoms with E-state index in [0.717, 1.165) is 65.6 Å². The summed E-state index contributed by atoms with van der Waals surface area (Å²) in [7, 11) is 1.71. The molecular weight excluding hydrogens is 360 g/mol. The number of methoxy groups -OCH3 is 1. The van der Waals surface area contributed by atoms with Crippen LogP contribution in [0.2, 0.25) is 0 Å². The van der Waals surface area contributed by atoms with Crippen molar-refractivity contribution in [1.29, 1.82) is 0 Å². The van der Waals surface area contributed by atoms with Gasteiger partial charge < -0.3 is 15.0 Å². The predicted molar refractivity (Wildman–Crippen MR) is 109 cm³/mol. The van der Waals surface area contributed by atoms with E-state index in [0.29, 0.717) is 12.4 Å². The van der Waals surface area contributed by atoms with Gasteiger partial charge in [0.05, 0.1) is 12.1 Å². The number of imidazole rings is 1. The van der Waals surface area contributed by atoms with Crippen LogP contribution < -0.4 is 5.73 Å². The monoisotopic (exact) mass is 386 g/mol. The van der Waals surface area contributed by atoms with Gasteiger partial charge in [-0.15, -0.1) is 0 Å². The Morgan fingerprint density at radius 2 is 1.96 bits per heavy atom. The van der Waals surface area contributed by atoms with Crippen molar-refractivity contribution in [2.45, 2.75) is 44.3 Å². The minimum atomic E-state index is 0.493. The third-order valence-electron chi connectivity index (χ3n) is 4.39. The maximum absolute atomic E-state index is 6.05. The topological polar surface area (TPSA) is 91.7 Å². The first-order valence-electron chi connectivity index (χ1n) is 9.19. The number of nitrogens with zero attached hydrogens (tertiary/aromatic N) is 5. The summed E-state index contributed by atoms with van der Waals surface area (Å²) >= 11 is 1.71. The molecule has 0 atom stereocenters. The molecule has 3 heterocycles. The molecule has 3 rings (SSSR count). The Balaban J connectivity index is 1.60. The molecule has 3 aromatic heterocycles. The van der Waals surface area contributed by atoms with Crippen LogP contribution in [-0.2, 0) is 17.7 Å². The Kier molecular flexibility index (Phi) is 7.00. The molecule has 0 saturated heterocycles. The molecule has 0 aliphatic heterocycles. The summed E-state index contributed by atoms with van der Waals surface area (Å²) < 4.78 is 7.53. The Morgan fingerprint density at radius 3 is 2.74 bits per heavy atom. The van der Waals surface area contributed by atoms with Gasteiger partial charge >= 0.3 is 0 Å². The van der Waals surface area contributed by atoms with Crippen LogP contribution in [0.4, 0.5) is 5.82 Å². The van der Waals surface area contributed by atoms with Crippen molar-refractivity contribution < 1.29 is 4.74 Å². The van der Waals surface area contributed by atoms with Gasteiger partial charge in [0.25, 0.3) is 0 Å². The molecule has 0 aliphatic rings. The second kappa shape index (κ2) is 9.66. The zero-order valence-electron chi connectivity index (χ0n) is 15.9. The zero-order valence-corrected chi connectivity index (χ0v) is 16.7. The lowest BCUT2D eigenvalue weighted by atomic mass is 10.2. The van der Waals surface area contributed by atoms with Crippen LogP contribution in [0, 0.1) is 6.92 Å². The summed E-state index contributed by atoms with van der Waals surface area (Å²) in [5, 5.41) is 0.846. The van der Waals surface area contributed by atoms with Gasteiger partial charge in [-0.3, -0.25) is 0 Å². The second-order valence-electron chi connectivity index (χ2n) is 6.39. The lowest BCUT2D eigenvalue weighted by molar-refractivity contribution is 0.199. The van der Waals surface area contributed by atoms with Gasteiger partial charge in [-0.1, -0.05) is 18.2 Å². The van der Waals surface area contributed by atoms with Crippen LogP contribution in [0.25, 0.3) is 11.0 Å². The number of hydrogen-bond acceptors (Lipinski definition) is 7. The third-order valence-corrected chi connectivity index (χ3v) is 5.35. The minimum absolute atomic E-state index is 0.493. The molecule has 144 valence electrons. The summed E-state index contributed by atoms with van der Waals surface area (Å²) in [6.07, 6.45) is 9.52. The highest BCUT2D eigenvalue weighted by Gasteiger charge is 2.15. The molecule has 0 radical (unpaired) electrons. The Labute approximate surface area is 163 Å². The maximum atomic E-state index is 6.05. The fourth-order valence-electron chi connectivity index (χ4n) is 3.06. The van der Waals surface area contributed by atoms with E-state index in [1.807, 2.05) is 12.3 Å². The van der Waals surface area contributed by atoms with Crippen LogP contribution in [0.15, 0.2) is 29.8 Å². The molecule has 27 heavy (non-hydrogen) atoms. The Hall–Kier alpha value is -2.19. The number of fused-ring (bicyclic) bond motifs is 1. The van der Waals surface area contributed by atoms with Crippen LogP contribution >= 0.6 is 11.8 Å². The van der Waals surface area contributed by atoms with Crippen LogP contribution in [0.3, 0.4) is 0 Å². The van der Waals surface area contributed by atoms with Gasteiger partial charge in [0.2, 0.25) is 0 Å². The lowest BCUT2D eigenvalue weighted by Gasteiger charge is -2.10. The van der Waals surface area contributed by atoms with Gasteiger partial charge in [-0.2, -0.15) is 0 Å². The van der Waals surface area contributed by atoms with E-state index >= 15 is 0 Å². The molecule has 8 heteroatoms. The summed E-state index contributed by atoms with van der Waals surface area (Å²) in [4.78, 5) is 17.5. The SMILES string of the molecule is COCCc1nc2c(N)ncc(C)c2n1CCCCCSc1ncccn1. The molecule has 0 aliphatic carbocycles. The summed E-state index contributed by atoms with van der Waals surface area (Å²) in [5.41, 5.74) is 9.06. The van der Waals surface area contributed by atoms with Gasteiger partial charge in [0.15, 0.2) is 11.0 Å². The molecule has 0 aromatic carbocycles. The normalized spacial score (nSPS) is 11.3. The fourth-order valence-corrected chi connectivity index (χ4v) is 3.87. The van der Waals surface area contributed by atoms with Crippen molar-refractivity contribution in [2.75, 3.05) is 25.2 Å². The Morgan fingerprint density at radius 1 is 1.15 bits per heavy atom. The average Bonchev–Trinajstić information content (AvgIpc) is 3.06.